The minimum Gasteiger partial charge on any atom is -0.366 e. The molecule has 3 N–H and O–H groups in total. The lowest BCUT2D eigenvalue weighted by Crippen LogP contribution is -2.22. The summed E-state index contributed by atoms with van der Waals surface area (Å²) in [6, 6.07) is 10.1. The van der Waals surface area contributed by atoms with E-state index in [1.807, 2.05) is 23.6 Å². The van der Waals surface area contributed by atoms with Crippen LogP contribution in [0.4, 0.5) is 5.69 Å². The molecule has 12 heteroatoms. The molecule has 0 atom stereocenters. The Balaban J connectivity index is 1.54. The van der Waals surface area contributed by atoms with E-state index in [1.165, 1.54) is 15.3 Å². The van der Waals surface area contributed by atoms with Crippen LogP contribution in [0.25, 0.3) is 28.1 Å². The van der Waals surface area contributed by atoms with Crippen LogP contribution in [-0.4, -0.2) is 45.7 Å². The molecule has 5 aromatic rings. The summed E-state index contributed by atoms with van der Waals surface area (Å²) in [4.78, 5) is 50.4. The van der Waals surface area contributed by atoms with Gasteiger partial charge in [0.05, 0.1) is 29.3 Å². The van der Waals surface area contributed by atoms with Gasteiger partial charge in [0.2, 0.25) is 5.91 Å². The van der Waals surface area contributed by atoms with Gasteiger partial charge in [-0.3, -0.25) is 9.59 Å². The van der Waals surface area contributed by atoms with Crippen molar-refractivity contribution in [2.24, 2.45) is 12.8 Å². The summed E-state index contributed by atoms with van der Waals surface area (Å²) in [6.07, 6.45) is 4.68. The third kappa shape index (κ3) is 4.14. The monoisotopic (exact) mass is 497 g/mol. The standard InChI is InChI=1S/C25H23N9O3/c1-4-33-19(23-28-12-18(13-29-23)34-14(2)31-32(3)25(34)37)11-15-8-9-27-20(21(15)33)24(36)30-17-7-5-6-16(10-17)22(26)35/h5-13H,4H2,1-3H3,(H2,26,35)(H,30,36). The Morgan fingerprint density at radius 1 is 1.08 bits per heavy atom. The molecule has 4 aromatic heterocycles. The maximum Gasteiger partial charge on any atom is 0.350 e. The molecule has 1 aromatic carbocycles. The van der Waals surface area contributed by atoms with Crippen LogP contribution in [0.15, 0.2) is 59.8 Å². The van der Waals surface area contributed by atoms with Crippen LogP contribution in [0.5, 0.6) is 0 Å². The first-order chi connectivity index (χ1) is 17.8. The summed E-state index contributed by atoms with van der Waals surface area (Å²) in [5.74, 6) is -0.0730. The summed E-state index contributed by atoms with van der Waals surface area (Å²) in [5.41, 5.74) is 7.79. The summed E-state index contributed by atoms with van der Waals surface area (Å²) in [5, 5.41) is 7.71. The number of amides is 2. The fourth-order valence-electron chi connectivity index (χ4n) is 4.29. The highest BCUT2D eigenvalue weighted by molar-refractivity contribution is 6.11. The van der Waals surface area contributed by atoms with E-state index >= 15 is 0 Å². The summed E-state index contributed by atoms with van der Waals surface area (Å²) in [7, 11) is 1.58. The zero-order valence-electron chi connectivity index (χ0n) is 20.3. The molecule has 0 aliphatic heterocycles. The van der Waals surface area contributed by atoms with E-state index in [4.69, 9.17) is 5.73 Å². The topological polar surface area (TPSA) is 156 Å². The number of nitrogens with zero attached hydrogens (tertiary/aromatic N) is 7. The molecule has 0 aliphatic rings. The molecule has 0 fully saturated rings. The lowest BCUT2D eigenvalue weighted by molar-refractivity contribution is 0.0995. The maximum absolute atomic E-state index is 13.2. The number of hydrogen-bond donors (Lipinski definition) is 2. The Morgan fingerprint density at radius 2 is 1.84 bits per heavy atom. The Morgan fingerprint density at radius 3 is 2.49 bits per heavy atom. The molecule has 0 radical (unpaired) electrons. The highest BCUT2D eigenvalue weighted by Gasteiger charge is 2.20. The highest BCUT2D eigenvalue weighted by atomic mass is 16.2. The van der Waals surface area contributed by atoms with Crippen LogP contribution in [0, 0.1) is 6.92 Å². The summed E-state index contributed by atoms with van der Waals surface area (Å²) >= 11 is 0. The van der Waals surface area contributed by atoms with Crippen LogP contribution in [0.1, 0.15) is 33.6 Å². The number of carbonyl (C=O) groups excluding carboxylic acids is 2. The second-order valence-corrected chi connectivity index (χ2v) is 8.32. The van der Waals surface area contributed by atoms with Gasteiger partial charge in [-0.25, -0.2) is 29.0 Å². The van der Waals surface area contributed by atoms with E-state index in [1.54, 1.807) is 50.8 Å². The van der Waals surface area contributed by atoms with Gasteiger partial charge in [-0.05, 0) is 44.2 Å². The molecule has 5 rings (SSSR count). The number of anilines is 1. The molecule has 4 heterocycles. The van der Waals surface area contributed by atoms with Crippen LogP contribution < -0.4 is 16.7 Å². The molecule has 0 bridgehead atoms. The van der Waals surface area contributed by atoms with E-state index in [-0.39, 0.29) is 16.9 Å². The third-order valence-corrected chi connectivity index (χ3v) is 5.96. The highest BCUT2D eigenvalue weighted by Crippen LogP contribution is 2.28. The second kappa shape index (κ2) is 9.15. The lowest BCUT2D eigenvalue weighted by atomic mass is 10.2. The van der Waals surface area contributed by atoms with E-state index < -0.39 is 11.8 Å². The molecule has 186 valence electrons. The number of rotatable bonds is 6. The van der Waals surface area contributed by atoms with E-state index in [0.717, 1.165) is 5.39 Å². The largest absolute Gasteiger partial charge is 0.366 e. The lowest BCUT2D eigenvalue weighted by Gasteiger charge is -2.11. The minimum atomic E-state index is -0.588. The van der Waals surface area contributed by atoms with Crippen molar-refractivity contribution >= 4 is 28.4 Å². The number of aryl methyl sites for hydroxylation is 3. The number of pyridine rings is 1. The number of fused-ring (bicyclic) bond motifs is 1. The van der Waals surface area contributed by atoms with Crippen molar-refractivity contribution in [3.05, 3.63) is 82.6 Å². The Bertz CT molecular complexity index is 1730. The fraction of sp³-hybridized carbons (Fsp3) is 0.160. The van der Waals surface area contributed by atoms with Gasteiger partial charge in [-0.15, -0.1) is 0 Å². The smallest absolute Gasteiger partial charge is 0.350 e. The van der Waals surface area contributed by atoms with Gasteiger partial charge >= 0.3 is 5.69 Å². The van der Waals surface area contributed by atoms with Crippen molar-refractivity contribution in [2.75, 3.05) is 5.32 Å². The summed E-state index contributed by atoms with van der Waals surface area (Å²) < 4.78 is 4.59. The van der Waals surface area contributed by atoms with Gasteiger partial charge in [0.15, 0.2) is 11.5 Å². The molecule has 0 aliphatic carbocycles. The molecule has 0 saturated heterocycles. The first kappa shape index (κ1) is 23.6. The Labute approximate surface area is 210 Å². The maximum atomic E-state index is 13.2. The number of carbonyl (C=O) groups is 2. The van der Waals surface area contributed by atoms with Gasteiger partial charge in [0.25, 0.3) is 5.91 Å². The van der Waals surface area contributed by atoms with Crippen molar-refractivity contribution in [2.45, 2.75) is 20.4 Å². The van der Waals surface area contributed by atoms with Crippen molar-refractivity contribution in [3.63, 3.8) is 0 Å². The molecule has 0 spiro atoms. The van der Waals surface area contributed by atoms with Crippen molar-refractivity contribution in [1.82, 2.24) is 33.9 Å². The van der Waals surface area contributed by atoms with Gasteiger partial charge in [0.1, 0.15) is 5.82 Å². The molecular formula is C25H23N9O3. The first-order valence-electron chi connectivity index (χ1n) is 11.4. The summed E-state index contributed by atoms with van der Waals surface area (Å²) in [6.45, 7) is 4.20. The van der Waals surface area contributed by atoms with E-state index in [2.05, 4.69) is 25.4 Å². The van der Waals surface area contributed by atoms with Gasteiger partial charge in [-0.2, -0.15) is 5.10 Å². The zero-order chi connectivity index (χ0) is 26.3. The van der Waals surface area contributed by atoms with Crippen LogP contribution >= 0.6 is 0 Å². The van der Waals surface area contributed by atoms with E-state index in [9.17, 15) is 14.4 Å². The zero-order valence-corrected chi connectivity index (χ0v) is 20.3. The normalized spacial score (nSPS) is 11.1. The number of benzene rings is 1. The van der Waals surface area contributed by atoms with Crippen molar-refractivity contribution < 1.29 is 9.59 Å². The van der Waals surface area contributed by atoms with Gasteiger partial charge in [-0.1, -0.05) is 6.07 Å². The quantitative estimate of drug-likeness (QED) is 0.364. The second-order valence-electron chi connectivity index (χ2n) is 8.32. The average Bonchev–Trinajstić information content (AvgIpc) is 3.39. The number of nitrogens with two attached hydrogens (primary N) is 1. The predicted molar refractivity (Wildman–Crippen MR) is 136 cm³/mol. The predicted octanol–water partition coefficient (Wildman–Crippen LogP) is 2.06. The number of aromatic nitrogens is 7. The Hall–Kier alpha value is -5.13. The number of hydrogen-bond acceptors (Lipinski definition) is 7. The molecule has 0 saturated carbocycles. The molecule has 12 nitrogen and oxygen atoms in total. The number of primary amides is 1. The molecule has 2 amide bonds. The van der Waals surface area contributed by atoms with Crippen LogP contribution in [0.2, 0.25) is 0 Å². The van der Waals surface area contributed by atoms with Crippen molar-refractivity contribution in [3.8, 4) is 17.2 Å². The Kier molecular flexibility index (Phi) is 5.84. The van der Waals surface area contributed by atoms with Crippen molar-refractivity contribution in [1.29, 1.82) is 0 Å². The third-order valence-electron chi connectivity index (χ3n) is 5.96. The molecule has 0 unspecified atom stereocenters. The fourth-order valence-corrected chi connectivity index (χ4v) is 4.29. The SMILES string of the molecule is CCn1c(-c2ncc(-n3c(C)nn(C)c3=O)cn2)cc2ccnc(C(=O)Nc3cccc(C(N)=O)c3)c21. The van der Waals surface area contributed by atoms with Crippen LogP contribution in [-0.2, 0) is 13.6 Å². The molecule has 37 heavy (non-hydrogen) atoms. The van der Waals surface area contributed by atoms with Crippen LogP contribution in [0.3, 0.4) is 0 Å². The minimum absolute atomic E-state index is 0.212. The van der Waals surface area contributed by atoms with E-state index in [0.29, 0.717) is 40.8 Å². The van der Waals surface area contributed by atoms with Gasteiger partial charge < -0.3 is 15.6 Å². The first-order valence-corrected chi connectivity index (χ1v) is 11.4. The molecular weight excluding hydrogens is 474 g/mol. The average molecular weight is 498 g/mol. The number of nitrogens with one attached hydrogen (secondary N) is 1. The van der Waals surface area contributed by atoms with Gasteiger partial charge in [0, 0.05) is 36.4 Å².